The van der Waals surface area contributed by atoms with Crippen LogP contribution in [-0.4, -0.2) is 13.1 Å². The first-order valence-corrected chi connectivity index (χ1v) is 5.42. The van der Waals surface area contributed by atoms with Gasteiger partial charge >= 0.3 is 0 Å². The van der Waals surface area contributed by atoms with Crippen LogP contribution >= 0.6 is 0 Å². The monoisotopic (exact) mass is 181 g/mol. The van der Waals surface area contributed by atoms with E-state index >= 15 is 0 Å². The zero-order valence-electron chi connectivity index (χ0n) is 9.32. The highest BCUT2D eigenvalue weighted by molar-refractivity contribution is 4.95. The fourth-order valence-corrected chi connectivity index (χ4v) is 1.45. The van der Waals surface area contributed by atoms with E-state index in [1.165, 1.54) is 32.1 Å². The van der Waals surface area contributed by atoms with Crippen LogP contribution in [0, 0.1) is 11.8 Å². The van der Waals surface area contributed by atoms with E-state index < -0.39 is 0 Å². The summed E-state index contributed by atoms with van der Waals surface area (Å²) in [6.45, 7) is 4.16. The van der Waals surface area contributed by atoms with E-state index in [9.17, 15) is 0 Å². The summed E-state index contributed by atoms with van der Waals surface area (Å²) < 4.78 is 0. The molecule has 0 aromatic heterocycles. The van der Waals surface area contributed by atoms with Gasteiger partial charge in [0.1, 0.15) is 0 Å². The first-order valence-electron chi connectivity index (χ1n) is 5.42. The molecular weight excluding hydrogens is 158 g/mol. The van der Waals surface area contributed by atoms with Crippen molar-refractivity contribution in [2.75, 3.05) is 7.05 Å². The highest BCUT2D eigenvalue weighted by Crippen LogP contribution is 2.07. The lowest BCUT2D eigenvalue weighted by Crippen LogP contribution is -2.24. The van der Waals surface area contributed by atoms with Gasteiger partial charge in [-0.1, -0.05) is 26.2 Å². The number of rotatable bonds is 7. The maximum absolute atomic E-state index is 3.35. The highest BCUT2D eigenvalue weighted by Gasteiger charge is 2.03. The van der Waals surface area contributed by atoms with Gasteiger partial charge in [-0.25, -0.2) is 0 Å². The predicted octanol–water partition coefficient (Wildman–Crippen LogP) is 2.96. The standard InChI is InChI=1S/C12H23N/c1-4-6-8-10-12(13-3)11-9-7-5-2/h12-13H,4,6,8-11H2,1-3H3. The Morgan fingerprint density at radius 3 is 2.54 bits per heavy atom. The summed E-state index contributed by atoms with van der Waals surface area (Å²) in [4.78, 5) is 0. The van der Waals surface area contributed by atoms with Crippen LogP contribution in [0.3, 0.4) is 0 Å². The molecule has 0 aliphatic rings. The molecule has 1 N–H and O–H groups in total. The van der Waals surface area contributed by atoms with Crippen molar-refractivity contribution in [1.29, 1.82) is 0 Å². The molecule has 0 spiro atoms. The third-order valence-electron chi connectivity index (χ3n) is 2.36. The molecule has 0 saturated heterocycles. The van der Waals surface area contributed by atoms with Gasteiger partial charge in [-0.3, -0.25) is 0 Å². The van der Waals surface area contributed by atoms with Crippen molar-refractivity contribution >= 4 is 0 Å². The van der Waals surface area contributed by atoms with Crippen LogP contribution in [0.15, 0.2) is 0 Å². The van der Waals surface area contributed by atoms with Crippen molar-refractivity contribution in [3.8, 4) is 11.8 Å². The van der Waals surface area contributed by atoms with Gasteiger partial charge in [-0.05, 0) is 26.8 Å². The lowest BCUT2D eigenvalue weighted by molar-refractivity contribution is 0.470. The van der Waals surface area contributed by atoms with Gasteiger partial charge in [-0.15, -0.1) is 11.8 Å². The second-order valence-corrected chi connectivity index (χ2v) is 3.45. The molecule has 0 heterocycles. The van der Waals surface area contributed by atoms with Crippen LogP contribution in [0.5, 0.6) is 0 Å². The molecule has 0 fully saturated rings. The van der Waals surface area contributed by atoms with E-state index in [1.807, 2.05) is 6.92 Å². The molecule has 76 valence electrons. The fourth-order valence-electron chi connectivity index (χ4n) is 1.45. The molecule has 0 amide bonds. The molecule has 0 aromatic rings. The molecule has 0 bridgehead atoms. The van der Waals surface area contributed by atoms with Gasteiger partial charge in [0.05, 0.1) is 0 Å². The molecule has 0 aliphatic heterocycles. The SMILES string of the molecule is CC#CCCC(CCCCC)NC. The zero-order valence-corrected chi connectivity index (χ0v) is 9.32. The highest BCUT2D eigenvalue weighted by atomic mass is 14.9. The molecule has 0 saturated carbocycles. The Kier molecular flexibility index (Phi) is 9.25. The van der Waals surface area contributed by atoms with Crippen LogP contribution in [-0.2, 0) is 0 Å². The Balaban J connectivity index is 3.43. The topological polar surface area (TPSA) is 12.0 Å². The molecule has 1 unspecified atom stereocenters. The Hall–Kier alpha value is -0.480. The van der Waals surface area contributed by atoms with Gasteiger partial charge in [-0.2, -0.15) is 0 Å². The summed E-state index contributed by atoms with van der Waals surface area (Å²) in [5, 5.41) is 3.35. The molecule has 13 heavy (non-hydrogen) atoms. The first-order chi connectivity index (χ1) is 6.35. The summed E-state index contributed by atoms with van der Waals surface area (Å²) in [6.07, 6.45) is 7.55. The summed E-state index contributed by atoms with van der Waals surface area (Å²) in [5.41, 5.74) is 0. The minimum absolute atomic E-state index is 0.674. The summed E-state index contributed by atoms with van der Waals surface area (Å²) in [5.74, 6) is 6.05. The normalized spacial score (nSPS) is 11.9. The molecule has 1 nitrogen and oxygen atoms in total. The summed E-state index contributed by atoms with van der Waals surface area (Å²) >= 11 is 0. The van der Waals surface area contributed by atoms with E-state index in [-0.39, 0.29) is 0 Å². The quantitative estimate of drug-likeness (QED) is 0.470. The minimum Gasteiger partial charge on any atom is -0.317 e. The van der Waals surface area contributed by atoms with Crippen LogP contribution < -0.4 is 5.32 Å². The van der Waals surface area contributed by atoms with Crippen LogP contribution in [0.1, 0.15) is 52.4 Å². The van der Waals surface area contributed by atoms with Crippen molar-refractivity contribution in [2.45, 2.75) is 58.4 Å². The third-order valence-corrected chi connectivity index (χ3v) is 2.36. The van der Waals surface area contributed by atoms with Crippen molar-refractivity contribution < 1.29 is 0 Å². The Morgan fingerprint density at radius 1 is 1.23 bits per heavy atom. The Bertz CT molecular complexity index is 152. The molecule has 0 aromatic carbocycles. The predicted molar refractivity (Wildman–Crippen MR) is 59.7 cm³/mol. The van der Waals surface area contributed by atoms with Crippen LogP contribution in [0.25, 0.3) is 0 Å². The van der Waals surface area contributed by atoms with Gasteiger partial charge in [0.25, 0.3) is 0 Å². The Morgan fingerprint density at radius 2 is 2.00 bits per heavy atom. The van der Waals surface area contributed by atoms with E-state index in [2.05, 4.69) is 31.1 Å². The Labute approximate surface area is 83.3 Å². The summed E-state index contributed by atoms with van der Waals surface area (Å²) in [7, 11) is 2.05. The van der Waals surface area contributed by atoms with Gasteiger partial charge in [0.15, 0.2) is 0 Å². The molecular formula is C12H23N. The molecule has 0 radical (unpaired) electrons. The average Bonchev–Trinajstić information content (AvgIpc) is 2.16. The van der Waals surface area contributed by atoms with E-state index in [0.29, 0.717) is 6.04 Å². The first kappa shape index (κ1) is 12.5. The zero-order chi connectivity index (χ0) is 9.94. The number of hydrogen-bond donors (Lipinski definition) is 1. The van der Waals surface area contributed by atoms with Gasteiger partial charge < -0.3 is 5.32 Å². The van der Waals surface area contributed by atoms with Crippen LogP contribution in [0.2, 0.25) is 0 Å². The maximum atomic E-state index is 3.35. The van der Waals surface area contributed by atoms with E-state index in [0.717, 1.165) is 6.42 Å². The van der Waals surface area contributed by atoms with Crippen molar-refractivity contribution in [2.24, 2.45) is 0 Å². The van der Waals surface area contributed by atoms with Crippen LogP contribution in [0.4, 0.5) is 0 Å². The maximum Gasteiger partial charge on any atom is 0.0103 e. The number of nitrogens with one attached hydrogen (secondary N) is 1. The second-order valence-electron chi connectivity index (χ2n) is 3.45. The van der Waals surface area contributed by atoms with Crippen molar-refractivity contribution in [3.63, 3.8) is 0 Å². The minimum atomic E-state index is 0.674. The second kappa shape index (κ2) is 9.61. The summed E-state index contributed by atoms with van der Waals surface area (Å²) in [6, 6.07) is 0.674. The van der Waals surface area contributed by atoms with E-state index in [4.69, 9.17) is 0 Å². The third kappa shape index (κ3) is 7.87. The molecule has 0 aliphatic carbocycles. The molecule has 1 heteroatoms. The smallest absolute Gasteiger partial charge is 0.0103 e. The van der Waals surface area contributed by atoms with Gasteiger partial charge in [0.2, 0.25) is 0 Å². The number of hydrogen-bond acceptors (Lipinski definition) is 1. The average molecular weight is 181 g/mol. The van der Waals surface area contributed by atoms with Gasteiger partial charge in [0, 0.05) is 12.5 Å². The largest absolute Gasteiger partial charge is 0.317 e. The van der Waals surface area contributed by atoms with Crippen molar-refractivity contribution in [3.05, 3.63) is 0 Å². The lowest BCUT2D eigenvalue weighted by Gasteiger charge is -2.13. The molecule has 1 atom stereocenters. The fraction of sp³-hybridized carbons (Fsp3) is 0.833. The molecule has 0 rings (SSSR count). The van der Waals surface area contributed by atoms with Crippen molar-refractivity contribution in [1.82, 2.24) is 5.32 Å². The number of unbranched alkanes of at least 4 members (excludes halogenated alkanes) is 2. The lowest BCUT2D eigenvalue weighted by atomic mass is 10.0. The van der Waals surface area contributed by atoms with E-state index in [1.54, 1.807) is 0 Å².